The molecule has 1 aliphatic rings. The standard InChI is InChI=1S/C23H24N2O3S/c1-17-4-3-5-18(12-17)14-25-15-22(16-25)28-21-9-6-19(7-10-21)20-8-11-23(24-13-20)29(2,26)27/h3-13,22H,14-16H2,1-2H3. The zero-order chi connectivity index (χ0) is 20.4. The summed E-state index contributed by atoms with van der Waals surface area (Å²) in [5, 5.41) is 0.0846. The van der Waals surface area contributed by atoms with Crippen molar-refractivity contribution in [3.05, 3.63) is 78.0 Å². The summed E-state index contributed by atoms with van der Waals surface area (Å²) < 4.78 is 29.1. The monoisotopic (exact) mass is 408 g/mol. The largest absolute Gasteiger partial charge is 0.488 e. The molecule has 0 bridgehead atoms. The van der Waals surface area contributed by atoms with E-state index >= 15 is 0 Å². The van der Waals surface area contributed by atoms with Crippen LogP contribution in [0.5, 0.6) is 5.75 Å². The first-order chi connectivity index (χ1) is 13.9. The second-order valence-corrected chi connectivity index (χ2v) is 9.57. The van der Waals surface area contributed by atoms with Gasteiger partial charge in [-0.3, -0.25) is 4.90 Å². The van der Waals surface area contributed by atoms with E-state index in [4.69, 9.17) is 4.74 Å². The van der Waals surface area contributed by atoms with Crippen LogP contribution < -0.4 is 4.74 Å². The van der Waals surface area contributed by atoms with Crippen LogP contribution in [0.3, 0.4) is 0 Å². The highest BCUT2D eigenvalue weighted by Crippen LogP contribution is 2.25. The summed E-state index contributed by atoms with van der Waals surface area (Å²) in [6, 6.07) is 19.7. The van der Waals surface area contributed by atoms with Crippen molar-refractivity contribution in [1.29, 1.82) is 0 Å². The van der Waals surface area contributed by atoms with Crippen LogP contribution in [0.4, 0.5) is 0 Å². The zero-order valence-electron chi connectivity index (χ0n) is 16.6. The van der Waals surface area contributed by atoms with Gasteiger partial charge in [0.15, 0.2) is 14.9 Å². The number of pyridine rings is 1. The van der Waals surface area contributed by atoms with Gasteiger partial charge in [0.2, 0.25) is 0 Å². The van der Waals surface area contributed by atoms with Crippen LogP contribution in [0.2, 0.25) is 0 Å². The van der Waals surface area contributed by atoms with Gasteiger partial charge in [-0.25, -0.2) is 13.4 Å². The van der Waals surface area contributed by atoms with Crippen LogP contribution in [-0.4, -0.2) is 43.8 Å². The SMILES string of the molecule is Cc1cccc(CN2CC(Oc3ccc(-c4ccc(S(C)(=O)=O)nc4)cc3)C2)c1. The number of nitrogens with zero attached hydrogens (tertiary/aromatic N) is 2. The number of hydrogen-bond donors (Lipinski definition) is 0. The van der Waals surface area contributed by atoms with Crippen LogP contribution >= 0.6 is 0 Å². The van der Waals surface area contributed by atoms with Gasteiger partial charge in [-0.15, -0.1) is 0 Å². The van der Waals surface area contributed by atoms with E-state index in [-0.39, 0.29) is 11.1 Å². The van der Waals surface area contributed by atoms with Crippen molar-refractivity contribution in [2.45, 2.75) is 24.6 Å². The van der Waals surface area contributed by atoms with E-state index in [0.717, 1.165) is 42.8 Å². The molecule has 4 rings (SSSR count). The maximum Gasteiger partial charge on any atom is 0.192 e. The van der Waals surface area contributed by atoms with Gasteiger partial charge < -0.3 is 4.74 Å². The molecule has 1 fully saturated rings. The average molecular weight is 409 g/mol. The van der Waals surface area contributed by atoms with E-state index in [0.29, 0.717) is 0 Å². The number of rotatable bonds is 6. The predicted molar refractivity (Wildman–Crippen MR) is 114 cm³/mol. The molecule has 0 unspecified atom stereocenters. The Labute approximate surface area is 171 Å². The van der Waals surface area contributed by atoms with Gasteiger partial charge in [0.1, 0.15) is 11.9 Å². The first-order valence-electron chi connectivity index (χ1n) is 9.58. The third kappa shape index (κ3) is 4.83. The molecule has 6 heteroatoms. The Kier molecular flexibility index (Phi) is 5.39. The molecule has 150 valence electrons. The van der Waals surface area contributed by atoms with E-state index < -0.39 is 9.84 Å². The van der Waals surface area contributed by atoms with Crippen molar-refractivity contribution < 1.29 is 13.2 Å². The van der Waals surface area contributed by atoms with Crippen LogP contribution in [-0.2, 0) is 16.4 Å². The molecule has 1 saturated heterocycles. The van der Waals surface area contributed by atoms with Crippen molar-refractivity contribution in [1.82, 2.24) is 9.88 Å². The summed E-state index contributed by atoms with van der Waals surface area (Å²) in [5.41, 5.74) is 4.47. The van der Waals surface area contributed by atoms with Crippen molar-refractivity contribution >= 4 is 9.84 Å². The first kappa shape index (κ1) is 19.6. The molecule has 0 N–H and O–H groups in total. The van der Waals surface area contributed by atoms with Crippen LogP contribution in [0.15, 0.2) is 71.9 Å². The molecule has 2 heterocycles. The molecule has 2 aromatic carbocycles. The molecule has 0 radical (unpaired) electrons. The Morgan fingerprint density at radius 3 is 2.38 bits per heavy atom. The van der Waals surface area contributed by atoms with Crippen molar-refractivity contribution in [2.75, 3.05) is 19.3 Å². The summed E-state index contributed by atoms with van der Waals surface area (Å²) in [6.45, 7) is 4.92. The lowest BCUT2D eigenvalue weighted by atomic mass is 10.1. The summed E-state index contributed by atoms with van der Waals surface area (Å²) in [6.07, 6.45) is 2.95. The van der Waals surface area contributed by atoms with Gasteiger partial charge >= 0.3 is 0 Å². The fraction of sp³-hybridized carbons (Fsp3) is 0.261. The number of ether oxygens (including phenoxy) is 1. The maximum atomic E-state index is 11.5. The molecule has 0 saturated carbocycles. The average Bonchev–Trinajstić information content (AvgIpc) is 2.66. The Morgan fingerprint density at radius 2 is 1.76 bits per heavy atom. The van der Waals surface area contributed by atoms with Gasteiger partial charge in [-0.05, 0) is 42.3 Å². The molecule has 5 nitrogen and oxygen atoms in total. The molecule has 1 aliphatic heterocycles. The summed E-state index contributed by atoms with van der Waals surface area (Å²) in [4.78, 5) is 6.42. The smallest absolute Gasteiger partial charge is 0.192 e. The highest BCUT2D eigenvalue weighted by atomic mass is 32.2. The molecule has 3 aromatic rings. The lowest BCUT2D eigenvalue weighted by molar-refractivity contribution is 0.0146. The number of likely N-dealkylation sites (tertiary alicyclic amines) is 1. The molecule has 1 aromatic heterocycles. The van der Waals surface area contributed by atoms with Crippen LogP contribution in [0.1, 0.15) is 11.1 Å². The van der Waals surface area contributed by atoms with E-state index in [1.54, 1.807) is 12.3 Å². The highest BCUT2D eigenvalue weighted by molar-refractivity contribution is 7.90. The Balaban J connectivity index is 1.31. The van der Waals surface area contributed by atoms with Gasteiger partial charge in [0, 0.05) is 37.7 Å². The Morgan fingerprint density at radius 1 is 1.03 bits per heavy atom. The molecule has 29 heavy (non-hydrogen) atoms. The second kappa shape index (κ2) is 7.97. The summed E-state index contributed by atoms with van der Waals surface area (Å²) in [7, 11) is -3.28. The highest BCUT2D eigenvalue weighted by Gasteiger charge is 2.28. The van der Waals surface area contributed by atoms with E-state index in [1.807, 2.05) is 24.3 Å². The first-order valence-corrected chi connectivity index (χ1v) is 11.5. The summed E-state index contributed by atoms with van der Waals surface area (Å²) in [5.74, 6) is 0.842. The van der Waals surface area contributed by atoms with E-state index in [9.17, 15) is 8.42 Å². The third-order valence-corrected chi connectivity index (χ3v) is 6.02. The molecule has 0 aliphatic carbocycles. The zero-order valence-corrected chi connectivity index (χ0v) is 17.4. The minimum atomic E-state index is -3.28. The van der Waals surface area contributed by atoms with Crippen molar-refractivity contribution in [3.8, 4) is 16.9 Å². The quantitative estimate of drug-likeness (QED) is 0.622. The Hall–Kier alpha value is -2.70. The maximum absolute atomic E-state index is 11.5. The minimum Gasteiger partial charge on any atom is -0.488 e. The third-order valence-electron chi connectivity index (χ3n) is 5.02. The van der Waals surface area contributed by atoms with Crippen molar-refractivity contribution in [3.63, 3.8) is 0 Å². The number of aromatic nitrogens is 1. The lowest BCUT2D eigenvalue weighted by Gasteiger charge is -2.39. The normalized spacial score (nSPS) is 15.1. The molecule has 0 spiro atoms. The number of hydrogen-bond acceptors (Lipinski definition) is 5. The van der Waals surface area contributed by atoms with Crippen molar-refractivity contribution in [2.24, 2.45) is 0 Å². The second-order valence-electron chi connectivity index (χ2n) is 7.60. The fourth-order valence-corrected chi connectivity index (χ4v) is 4.04. The lowest BCUT2D eigenvalue weighted by Crippen LogP contribution is -2.53. The van der Waals surface area contributed by atoms with E-state index in [1.165, 1.54) is 17.2 Å². The Bertz CT molecular complexity index is 1090. The number of benzene rings is 2. The predicted octanol–water partition coefficient (Wildman–Crippen LogP) is 3.72. The topological polar surface area (TPSA) is 59.5 Å². The van der Waals surface area contributed by atoms with Crippen LogP contribution in [0, 0.1) is 6.92 Å². The van der Waals surface area contributed by atoms with Crippen LogP contribution in [0.25, 0.3) is 11.1 Å². The van der Waals surface area contributed by atoms with Gasteiger partial charge in [-0.1, -0.05) is 42.0 Å². The minimum absolute atomic E-state index is 0.0846. The fourth-order valence-electron chi connectivity index (χ4n) is 3.48. The summed E-state index contributed by atoms with van der Waals surface area (Å²) >= 11 is 0. The molecular formula is C23H24N2O3S. The van der Waals surface area contributed by atoms with Gasteiger partial charge in [-0.2, -0.15) is 0 Å². The number of sulfone groups is 1. The van der Waals surface area contributed by atoms with Gasteiger partial charge in [0.05, 0.1) is 0 Å². The molecular weight excluding hydrogens is 384 g/mol. The van der Waals surface area contributed by atoms with Gasteiger partial charge in [0.25, 0.3) is 0 Å². The number of aryl methyl sites for hydroxylation is 1. The molecule has 0 amide bonds. The van der Waals surface area contributed by atoms with E-state index in [2.05, 4.69) is 41.1 Å². The molecule has 0 atom stereocenters.